The Balaban J connectivity index is 0.000000301. The molecule has 3 heterocycles. The van der Waals surface area contributed by atoms with Gasteiger partial charge in [-0.25, -0.2) is 9.59 Å². The molecule has 3 aliphatic rings. The van der Waals surface area contributed by atoms with Gasteiger partial charge in [0.25, 0.3) is 0 Å². The van der Waals surface area contributed by atoms with Gasteiger partial charge in [-0.05, 0) is 51.3 Å². The van der Waals surface area contributed by atoms with Crippen LogP contribution in [0, 0.1) is 0 Å². The molecule has 38 heavy (non-hydrogen) atoms. The highest BCUT2D eigenvalue weighted by atomic mass is 19.4. The maximum absolute atomic E-state index is 10.6. The number of hydrogen-bond acceptors (Lipinski definition) is 6. The number of rotatable bonds is 4. The fourth-order valence-electron chi connectivity index (χ4n) is 4.84. The van der Waals surface area contributed by atoms with Crippen LogP contribution >= 0.6 is 0 Å². The molecule has 14 heteroatoms. The highest BCUT2D eigenvalue weighted by Crippen LogP contribution is 2.37. The molecule has 3 aliphatic heterocycles. The van der Waals surface area contributed by atoms with Crippen LogP contribution < -0.4 is 4.74 Å². The molecule has 1 aromatic rings. The van der Waals surface area contributed by atoms with Gasteiger partial charge in [0.15, 0.2) is 0 Å². The molecule has 216 valence electrons. The van der Waals surface area contributed by atoms with Crippen molar-refractivity contribution in [3.05, 3.63) is 29.8 Å². The Kier molecular flexibility index (Phi) is 11.2. The second-order valence-electron chi connectivity index (χ2n) is 9.30. The molecule has 2 atom stereocenters. The van der Waals surface area contributed by atoms with E-state index in [-0.39, 0.29) is 5.60 Å². The standard InChI is InChI=1S/C20H30N2O2.2C2HF3O2/c1-23-19-7-3-2-6-17(19)15-21-12-9-20(16-21)14-18(8-13-24-20)22-10-4-5-11-22;2*3-2(4,5)1(6)7/h2-3,6-7,18H,4-5,8-16H2,1H3;2*(H,6,7)/t18-,20-;;/m1../s1. The highest BCUT2D eigenvalue weighted by molar-refractivity contribution is 5.73. The first-order valence-electron chi connectivity index (χ1n) is 12.0. The van der Waals surface area contributed by atoms with E-state index in [1.165, 1.54) is 50.8 Å². The van der Waals surface area contributed by atoms with Gasteiger partial charge in [0.05, 0.1) is 12.7 Å². The van der Waals surface area contributed by atoms with Gasteiger partial charge < -0.3 is 24.6 Å². The summed E-state index contributed by atoms with van der Waals surface area (Å²) in [5.74, 6) is -4.52. The van der Waals surface area contributed by atoms with Crippen molar-refractivity contribution in [2.75, 3.05) is 39.9 Å². The van der Waals surface area contributed by atoms with E-state index in [1.54, 1.807) is 7.11 Å². The zero-order chi connectivity index (χ0) is 28.6. The molecule has 3 saturated heterocycles. The van der Waals surface area contributed by atoms with E-state index in [2.05, 4.69) is 28.0 Å². The maximum Gasteiger partial charge on any atom is 0.490 e. The van der Waals surface area contributed by atoms with E-state index in [9.17, 15) is 26.3 Å². The molecule has 8 nitrogen and oxygen atoms in total. The van der Waals surface area contributed by atoms with Crippen LogP contribution in [0.25, 0.3) is 0 Å². The maximum atomic E-state index is 10.6. The van der Waals surface area contributed by atoms with Crippen LogP contribution in [0.1, 0.15) is 37.7 Å². The van der Waals surface area contributed by atoms with Gasteiger partial charge in [0.1, 0.15) is 5.75 Å². The number of hydrogen-bond donors (Lipinski definition) is 2. The van der Waals surface area contributed by atoms with Crippen LogP contribution in [-0.2, 0) is 20.9 Å². The minimum Gasteiger partial charge on any atom is -0.496 e. The SMILES string of the molecule is COc1ccccc1CN1CC[C@@]2(C[C@H](N3CCCC3)CCO2)C1.O=C(O)C(F)(F)F.O=C(O)C(F)(F)F. The van der Waals surface area contributed by atoms with Crippen molar-refractivity contribution < 1.29 is 55.6 Å². The average molecular weight is 559 g/mol. The monoisotopic (exact) mass is 558 g/mol. The summed E-state index contributed by atoms with van der Waals surface area (Å²) >= 11 is 0. The zero-order valence-corrected chi connectivity index (χ0v) is 20.9. The van der Waals surface area contributed by atoms with Gasteiger partial charge in [-0.2, -0.15) is 26.3 Å². The predicted octanol–water partition coefficient (Wildman–Crippen LogP) is 4.18. The third-order valence-corrected chi connectivity index (χ3v) is 6.59. The summed E-state index contributed by atoms with van der Waals surface area (Å²) in [6.07, 6.45) is -3.80. The van der Waals surface area contributed by atoms with Gasteiger partial charge in [0.2, 0.25) is 0 Å². The Bertz CT molecular complexity index is 898. The quantitative estimate of drug-likeness (QED) is 0.532. The van der Waals surface area contributed by atoms with E-state index in [0.29, 0.717) is 0 Å². The van der Waals surface area contributed by atoms with Crippen LogP contribution in [0.2, 0.25) is 0 Å². The highest BCUT2D eigenvalue weighted by Gasteiger charge is 2.44. The van der Waals surface area contributed by atoms with Crippen molar-refractivity contribution >= 4 is 11.9 Å². The van der Waals surface area contributed by atoms with E-state index in [4.69, 9.17) is 29.3 Å². The Labute approximate surface area is 216 Å². The lowest BCUT2D eigenvalue weighted by Gasteiger charge is -2.41. The second kappa shape index (κ2) is 13.5. The number of carbonyl (C=O) groups is 2. The van der Waals surface area contributed by atoms with Crippen molar-refractivity contribution in [3.8, 4) is 5.75 Å². The summed E-state index contributed by atoms with van der Waals surface area (Å²) in [5.41, 5.74) is 1.37. The van der Waals surface area contributed by atoms with Crippen LogP contribution in [0.15, 0.2) is 24.3 Å². The van der Waals surface area contributed by atoms with Gasteiger partial charge in [-0.15, -0.1) is 0 Å². The minimum absolute atomic E-state index is 0.0908. The van der Waals surface area contributed by atoms with Gasteiger partial charge in [-0.3, -0.25) is 4.90 Å². The molecule has 1 spiro atoms. The lowest BCUT2D eigenvalue weighted by Crippen LogP contribution is -2.49. The molecule has 3 fully saturated rings. The molecule has 0 aromatic heterocycles. The van der Waals surface area contributed by atoms with Crippen LogP contribution in [-0.4, -0.2) is 95.8 Å². The first-order chi connectivity index (χ1) is 17.7. The number of halogens is 6. The van der Waals surface area contributed by atoms with Crippen molar-refractivity contribution in [1.29, 1.82) is 0 Å². The van der Waals surface area contributed by atoms with Gasteiger partial charge >= 0.3 is 24.3 Å². The molecule has 0 radical (unpaired) electrons. The van der Waals surface area contributed by atoms with Gasteiger partial charge in [-0.1, -0.05) is 18.2 Å². The minimum atomic E-state index is -5.08. The van der Waals surface area contributed by atoms with E-state index < -0.39 is 24.3 Å². The molecule has 0 amide bonds. The Hall–Kier alpha value is -2.58. The lowest BCUT2D eigenvalue weighted by molar-refractivity contribution is -0.193. The molecule has 0 saturated carbocycles. The van der Waals surface area contributed by atoms with Crippen molar-refractivity contribution in [1.82, 2.24) is 9.80 Å². The van der Waals surface area contributed by atoms with Crippen molar-refractivity contribution in [3.63, 3.8) is 0 Å². The average Bonchev–Trinajstić information content (AvgIpc) is 3.50. The van der Waals surface area contributed by atoms with Crippen LogP contribution in [0.4, 0.5) is 26.3 Å². The number of para-hydroxylation sites is 1. The summed E-state index contributed by atoms with van der Waals surface area (Å²) in [4.78, 5) is 23.1. The summed E-state index contributed by atoms with van der Waals surface area (Å²) in [6.45, 7) is 6.69. The van der Waals surface area contributed by atoms with E-state index >= 15 is 0 Å². The molecule has 0 aliphatic carbocycles. The normalized spacial score (nSPS) is 24.2. The number of carboxylic acid groups (broad SMARTS) is 2. The fourth-order valence-corrected chi connectivity index (χ4v) is 4.84. The number of methoxy groups -OCH3 is 1. The molecule has 0 bridgehead atoms. The third-order valence-electron chi connectivity index (χ3n) is 6.59. The first kappa shape index (κ1) is 31.6. The molecule has 4 rings (SSSR count). The summed E-state index contributed by atoms with van der Waals surface area (Å²) in [6, 6.07) is 9.12. The van der Waals surface area contributed by atoms with Crippen molar-refractivity contribution in [2.45, 2.75) is 62.6 Å². The Morgan fingerprint density at radius 1 is 1.03 bits per heavy atom. The zero-order valence-electron chi connectivity index (χ0n) is 20.9. The number of benzene rings is 1. The number of alkyl halides is 6. The van der Waals surface area contributed by atoms with E-state index in [1.807, 2.05) is 6.07 Å². The number of likely N-dealkylation sites (tertiary alicyclic amines) is 2. The number of aliphatic carboxylic acids is 2. The first-order valence-corrected chi connectivity index (χ1v) is 12.0. The predicted molar refractivity (Wildman–Crippen MR) is 123 cm³/mol. The number of carboxylic acids is 2. The molecule has 0 unspecified atom stereocenters. The molecule has 2 N–H and O–H groups in total. The molecular formula is C24H32F6N2O6. The summed E-state index contributed by atoms with van der Waals surface area (Å²) in [7, 11) is 1.76. The molecule has 1 aromatic carbocycles. The Morgan fingerprint density at radius 2 is 1.58 bits per heavy atom. The van der Waals surface area contributed by atoms with Crippen LogP contribution in [0.3, 0.4) is 0 Å². The van der Waals surface area contributed by atoms with E-state index in [0.717, 1.165) is 38.0 Å². The number of ether oxygens (including phenoxy) is 2. The topological polar surface area (TPSA) is 99.5 Å². The van der Waals surface area contributed by atoms with Gasteiger partial charge in [0, 0.05) is 37.8 Å². The second-order valence-corrected chi connectivity index (χ2v) is 9.30. The van der Waals surface area contributed by atoms with Crippen molar-refractivity contribution in [2.24, 2.45) is 0 Å². The smallest absolute Gasteiger partial charge is 0.490 e. The summed E-state index contributed by atoms with van der Waals surface area (Å²) in [5, 5.41) is 14.2. The lowest BCUT2D eigenvalue weighted by atomic mass is 9.89. The molecular weight excluding hydrogens is 526 g/mol. The summed E-state index contributed by atoms with van der Waals surface area (Å²) < 4.78 is 75.3. The number of nitrogens with zero attached hydrogens (tertiary/aromatic N) is 2. The fraction of sp³-hybridized carbons (Fsp3) is 0.667. The Morgan fingerprint density at radius 3 is 2.11 bits per heavy atom. The largest absolute Gasteiger partial charge is 0.496 e. The van der Waals surface area contributed by atoms with Crippen LogP contribution in [0.5, 0.6) is 5.75 Å². The third kappa shape index (κ3) is 9.62.